The molecule has 0 radical (unpaired) electrons. The molecule has 2 atom stereocenters. The van der Waals surface area contributed by atoms with Crippen molar-refractivity contribution in [2.45, 2.75) is 29.1 Å². The molecule has 3 rings (SSSR count). The zero-order valence-electron chi connectivity index (χ0n) is 11.2. The Morgan fingerprint density at radius 2 is 2.33 bits per heavy atom. The molecule has 0 amide bonds. The second-order valence-electron chi connectivity index (χ2n) is 4.83. The minimum atomic E-state index is -0.511. The number of ether oxygens (including phenoxy) is 1. The van der Waals surface area contributed by atoms with Crippen LogP contribution in [0, 0.1) is 5.82 Å². The van der Waals surface area contributed by atoms with Crippen LogP contribution in [0.3, 0.4) is 0 Å². The maximum atomic E-state index is 13.1. The van der Waals surface area contributed by atoms with E-state index in [0.717, 1.165) is 4.90 Å². The fourth-order valence-corrected chi connectivity index (χ4v) is 2.93. The highest BCUT2D eigenvalue weighted by molar-refractivity contribution is 7.98. The monoisotopic (exact) mass is 310 g/mol. The van der Waals surface area contributed by atoms with Gasteiger partial charge in [-0.2, -0.15) is 4.98 Å². The van der Waals surface area contributed by atoms with Crippen molar-refractivity contribution in [3.05, 3.63) is 41.8 Å². The lowest BCUT2D eigenvalue weighted by Gasteiger charge is -2.24. The number of thioether (sulfide) groups is 1. The number of nitrogens with zero attached hydrogens (tertiary/aromatic N) is 2. The molecule has 0 bridgehead atoms. The first-order valence-electron chi connectivity index (χ1n) is 6.69. The minimum Gasteiger partial charge on any atom is -0.392 e. The normalized spacial score (nSPS) is 22.4. The summed E-state index contributed by atoms with van der Waals surface area (Å²) in [5.41, 5.74) is 0. The number of aliphatic hydroxyl groups is 1. The molecule has 7 heteroatoms. The van der Waals surface area contributed by atoms with E-state index in [9.17, 15) is 9.50 Å². The molecule has 2 heterocycles. The molecule has 1 aromatic carbocycles. The second kappa shape index (κ2) is 6.55. The van der Waals surface area contributed by atoms with E-state index >= 15 is 0 Å². The average Bonchev–Trinajstić information content (AvgIpc) is 2.94. The highest BCUT2D eigenvalue weighted by atomic mass is 32.2. The summed E-state index contributed by atoms with van der Waals surface area (Å²) in [6.07, 6.45) is 0.0587. The molecule has 2 aromatic rings. The van der Waals surface area contributed by atoms with Crippen molar-refractivity contribution in [1.82, 2.24) is 10.1 Å². The van der Waals surface area contributed by atoms with Crippen LogP contribution in [-0.2, 0) is 10.5 Å². The summed E-state index contributed by atoms with van der Waals surface area (Å²) in [6.45, 7) is 0.938. The molecule has 1 aromatic heterocycles. The Balaban J connectivity index is 1.62. The lowest BCUT2D eigenvalue weighted by atomic mass is 9.99. The Labute approximate surface area is 125 Å². The van der Waals surface area contributed by atoms with Crippen molar-refractivity contribution in [3.8, 4) is 0 Å². The quantitative estimate of drug-likeness (QED) is 0.874. The first kappa shape index (κ1) is 14.5. The van der Waals surface area contributed by atoms with Crippen LogP contribution in [0.25, 0.3) is 0 Å². The predicted octanol–water partition coefficient (Wildman–Crippen LogP) is 2.37. The van der Waals surface area contributed by atoms with Crippen LogP contribution in [0.2, 0.25) is 0 Å². The first-order valence-corrected chi connectivity index (χ1v) is 7.67. The summed E-state index contributed by atoms with van der Waals surface area (Å²) >= 11 is 1.43. The molecule has 1 aliphatic heterocycles. The SMILES string of the molecule is OC1CCOCC1c1nc(CSc2cccc(F)c2)no1. The van der Waals surface area contributed by atoms with E-state index in [2.05, 4.69) is 10.1 Å². The lowest BCUT2D eigenvalue weighted by molar-refractivity contribution is -0.0149. The molecule has 0 aliphatic carbocycles. The Kier molecular flexibility index (Phi) is 4.52. The van der Waals surface area contributed by atoms with Crippen molar-refractivity contribution in [1.29, 1.82) is 0 Å². The molecule has 5 nitrogen and oxygen atoms in total. The third-order valence-electron chi connectivity index (χ3n) is 3.28. The summed E-state index contributed by atoms with van der Waals surface area (Å²) in [4.78, 5) is 5.10. The number of benzene rings is 1. The Morgan fingerprint density at radius 3 is 3.14 bits per heavy atom. The van der Waals surface area contributed by atoms with Crippen molar-refractivity contribution < 1.29 is 18.8 Å². The zero-order chi connectivity index (χ0) is 14.7. The Hall–Kier alpha value is -1.44. The maximum Gasteiger partial charge on any atom is 0.234 e. The summed E-state index contributed by atoms with van der Waals surface area (Å²) in [5, 5.41) is 13.8. The molecule has 1 aliphatic rings. The van der Waals surface area contributed by atoms with Gasteiger partial charge in [-0.3, -0.25) is 0 Å². The Bertz CT molecular complexity index is 607. The number of halogens is 1. The van der Waals surface area contributed by atoms with E-state index in [1.807, 2.05) is 6.07 Å². The van der Waals surface area contributed by atoms with Gasteiger partial charge < -0.3 is 14.4 Å². The maximum absolute atomic E-state index is 13.1. The van der Waals surface area contributed by atoms with Gasteiger partial charge in [-0.05, 0) is 24.6 Å². The van der Waals surface area contributed by atoms with Gasteiger partial charge in [0.05, 0.1) is 24.4 Å². The molecule has 1 fully saturated rings. The van der Waals surface area contributed by atoms with Crippen LogP contribution in [0.1, 0.15) is 24.1 Å². The van der Waals surface area contributed by atoms with Gasteiger partial charge in [0.2, 0.25) is 5.89 Å². The van der Waals surface area contributed by atoms with Gasteiger partial charge in [0.1, 0.15) is 5.82 Å². The van der Waals surface area contributed by atoms with E-state index < -0.39 is 6.10 Å². The van der Waals surface area contributed by atoms with Crippen LogP contribution in [0.4, 0.5) is 4.39 Å². The molecular weight excluding hydrogens is 295 g/mol. The van der Waals surface area contributed by atoms with Crippen molar-refractivity contribution >= 4 is 11.8 Å². The Morgan fingerprint density at radius 1 is 1.43 bits per heavy atom. The van der Waals surface area contributed by atoms with Gasteiger partial charge >= 0.3 is 0 Å². The minimum absolute atomic E-state index is 0.265. The fraction of sp³-hybridized carbons (Fsp3) is 0.429. The highest BCUT2D eigenvalue weighted by Crippen LogP contribution is 2.26. The molecule has 0 spiro atoms. The summed E-state index contributed by atoms with van der Waals surface area (Å²) in [6, 6.07) is 6.36. The molecule has 2 unspecified atom stereocenters. The topological polar surface area (TPSA) is 68.4 Å². The van der Waals surface area contributed by atoms with Crippen molar-refractivity contribution in [2.75, 3.05) is 13.2 Å². The van der Waals surface area contributed by atoms with Crippen molar-refractivity contribution in [2.24, 2.45) is 0 Å². The molecule has 0 saturated carbocycles. The van der Waals surface area contributed by atoms with Gasteiger partial charge in [-0.1, -0.05) is 11.2 Å². The predicted molar refractivity (Wildman–Crippen MR) is 74.4 cm³/mol. The third kappa shape index (κ3) is 3.61. The smallest absolute Gasteiger partial charge is 0.234 e. The van der Waals surface area contributed by atoms with E-state index in [0.29, 0.717) is 37.1 Å². The van der Waals surface area contributed by atoms with Gasteiger partial charge in [-0.15, -0.1) is 11.8 Å². The van der Waals surface area contributed by atoms with Crippen molar-refractivity contribution in [3.63, 3.8) is 0 Å². The van der Waals surface area contributed by atoms with Crippen LogP contribution in [0.5, 0.6) is 0 Å². The van der Waals surface area contributed by atoms with E-state index in [4.69, 9.17) is 9.26 Å². The lowest BCUT2D eigenvalue weighted by Crippen LogP contribution is -2.30. The number of hydrogen-bond donors (Lipinski definition) is 1. The van der Waals surface area contributed by atoms with E-state index in [-0.39, 0.29) is 11.7 Å². The van der Waals surface area contributed by atoms with Gasteiger partial charge in [-0.25, -0.2) is 4.39 Å². The van der Waals surface area contributed by atoms with Crippen LogP contribution >= 0.6 is 11.8 Å². The summed E-state index contributed by atoms with van der Waals surface area (Å²) in [5.74, 6) is 0.876. The average molecular weight is 310 g/mol. The van der Waals surface area contributed by atoms with Crippen LogP contribution < -0.4 is 0 Å². The first-order chi connectivity index (χ1) is 10.2. The number of aliphatic hydroxyl groups excluding tert-OH is 1. The number of hydrogen-bond acceptors (Lipinski definition) is 6. The van der Waals surface area contributed by atoms with Gasteiger partial charge in [0.25, 0.3) is 0 Å². The molecular formula is C14H15FN2O3S. The highest BCUT2D eigenvalue weighted by Gasteiger charge is 2.30. The molecule has 112 valence electrons. The van der Waals surface area contributed by atoms with Crippen LogP contribution in [0.15, 0.2) is 33.7 Å². The summed E-state index contributed by atoms with van der Waals surface area (Å²) < 4.78 is 23.6. The van der Waals surface area contributed by atoms with Crippen LogP contribution in [-0.4, -0.2) is 34.6 Å². The third-order valence-corrected chi connectivity index (χ3v) is 4.27. The number of rotatable bonds is 4. The van der Waals surface area contributed by atoms with Gasteiger partial charge in [0.15, 0.2) is 5.82 Å². The summed E-state index contributed by atoms with van der Waals surface area (Å²) in [7, 11) is 0. The largest absolute Gasteiger partial charge is 0.392 e. The van der Waals surface area contributed by atoms with E-state index in [1.165, 1.54) is 23.9 Å². The zero-order valence-corrected chi connectivity index (χ0v) is 12.1. The van der Waals surface area contributed by atoms with Gasteiger partial charge in [0, 0.05) is 11.5 Å². The molecule has 21 heavy (non-hydrogen) atoms. The number of aromatic nitrogens is 2. The molecule has 1 saturated heterocycles. The fourth-order valence-electron chi connectivity index (χ4n) is 2.14. The molecule has 1 N–H and O–H groups in total. The standard InChI is InChI=1S/C14H15FN2O3S/c15-9-2-1-3-10(6-9)21-8-13-16-14(20-17-13)11-7-19-5-4-12(11)18/h1-3,6,11-12,18H,4-5,7-8H2. The van der Waals surface area contributed by atoms with E-state index in [1.54, 1.807) is 6.07 Å². The second-order valence-corrected chi connectivity index (χ2v) is 5.88.